The van der Waals surface area contributed by atoms with Crippen molar-refractivity contribution in [2.75, 3.05) is 13.1 Å². The third-order valence-electron chi connectivity index (χ3n) is 3.80. The number of aromatic amines is 1. The van der Waals surface area contributed by atoms with Gasteiger partial charge in [0.1, 0.15) is 0 Å². The average molecular weight is 241 g/mol. The molecule has 0 atom stereocenters. The molecule has 3 nitrogen and oxygen atoms in total. The zero-order valence-electron chi connectivity index (χ0n) is 10.5. The fourth-order valence-corrected chi connectivity index (χ4v) is 2.74. The summed E-state index contributed by atoms with van der Waals surface area (Å²) in [6.45, 7) is 3.44. The molecule has 1 aliphatic heterocycles. The predicted octanol–water partition coefficient (Wildman–Crippen LogP) is 2.79. The van der Waals surface area contributed by atoms with Gasteiger partial charge in [-0.2, -0.15) is 5.10 Å². The summed E-state index contributed by atoms with van der Waals surface area (Å²) in [5.74, 6) is 0.666. The van der Waals surface area contributed by atoms with Gasteiger partial charge in [-0.15, -0.1) is 0 Å². The molecule has 0 radical (unpaired) electrons. The molecule has 0 amide bonds. The fourth-order valence-electron chi connectivity index (χ4n) is 2.74. The van der Waals surface area contributed by atoms with Gasteiger partial charge in [0.25, 0.3) is 0 Å². The number of rotatable bonds is 3. The number of H-pyrrole nitrogens is 1. The zero-order valence-corrected chi connectivity index (χ0v) is 10.5. The van der Waals surface area contributed by atoms with Crippen LogP contribution in [0.3, 0.4) is 0 Å². The summed E-state index contributed by atoms with van der Waals surface area (Å²) < 4.78 is 0. The van der Waals surface area contributed by atoms with Crippen molar-refractivity contribution in [3.05, 3.63) is 53.9 Å². The summed E-state index contributed by atoms with van der Waals surface area (Å²) in [4.78, 5) is 2.54. The number of aromatic nitrogens is 2. The second kappa shape index (κ2) is 5.36. The molecule has 1 N–H and O–H groups in total. The van der Waals surface area contributed by atoms with Gasteiger partial charge in [-0.1, -0.05) is 30.3 Å². The molecule has 0 bridgehead atoms. The summed E-state index contributed by atoms with van der Waals surface area (Å²) in [5, 5.41) is 7.15. The lowest BCUT2D eigenvalue weighted by Crippen LogP contribution is -2.32. The summed E-state index contributed by atoms with van der Waals surface area (Å²) >= 11 is 0. The highest BCUT2D eigenvalue weighted by Gasteiger charge is 2.21. The number of likely N-dealkylation sites (tertiary alicyclic amines) is 1. The molecule has 3 rings (SSSR count). The average Bonchev–Trinajstić information content (AvgIpc) is 2.95. The quantitative estimate of drug-likeness (QED) is 0.896. The van der Waals surface area contributed by atoms with Gasteiger partial charge < -0.3 is 0 Å². The number of benzene rings is 1. The Morgan fingerprint density at radius 2 is 1.89 bits per heavy atom. The van der Waals surface area contributed by atoms with Crippen molar-refractivity contribution < 1.29 is 0 Å². The van der Waals surface area contributed by atoms with E-state index in [0.717, 1.165) is 6.54 Å². The molecule has 1 saturated heterocycles. The second-order valence-electron chi connectivity index (χ2n) is 5.05. The van der Waals surface area contributed by atoms with Crippen LogP contribution in [0.15, 0.2) is 42.6 Å². The van der Waals surface area contributed by atoms with Gasteiger partial charge in [0.15, 0.2) is 0 Å². The SMILES string of the molecule is c1ccc(CN2CCC(c3ccn[nH]3)CC2)cc1. The van der Waals surface area contributed by atoms with Gasteiger partial charge in [-0.3, -0.25) is 10.00 Å². The largest absolute Gasteiger partial charge is 0.299 e. The monoisotopic (exact) mass is 241 g/mol. The van der Waals surface area contributed by atoms with Crippen LogP contribution in [0.1, 0.15) is 30.0 Å². The minimum atomic E-state index is 0.666. The third kappa shape index (κ3) is 2.62. The first-order chi connectivity index (χ1) is 8.92. The number of piperidine rings is 1. The minimum absolute atomic E-state index is 0.666. The van der Waals surface area contributed by atoms with Crippen LogP contribution in [0.25, 0.3) is 0 Å². The topological polar surface area (TPSA) is 31.9 Å². The molecule has 0 saturated carbocycles. The van der Waals surface area contributed by atoms with Crippen LogP contribution >= 0.6 is 0 Å². The molecular formula is C15H19N3. The lowest BCUT2D eigenvalue weighted by molar-refractivity contribution is 0.203. The molecule has 0 aliphatic carbocycles. The Bertz CT molecular complexity index is 456. The Labute approximate surface area is 108 Å². The van der Waals surface area contributed by atoms with Crippen LogP contribution in [0.5, 0.6) is 0 Å². The van der Waals surface area contributed by atoms with Gasteiger partial charge in [0.2, 0.25) is 0 Å². The van der Waals surface area contributed by atoms with Crippen LogP contribution in [-0.4, -0.2) is 28.2 Å². The van der Waals surface area contributed by atoms with Crippen LogP contribution in [0.2, 0.25) is 0 Å². The van der Waals surface area contributed by atoms with Crippen molar-refractivity contribution in [3.63, 3.8) is 0 Å². The highest BCUT2D eigenvalue weighted by molar-refractivity contribution is 5.15. The highest BCUT2D eigenvalue weighted by atomic mass is 15.1. The minimum Gasteiger partial charge on any atom is -0.299 e. The molecule has 2 aromatic rings. The van der Waals surface area contributed by atoms with Crippen LogP contribution in [0, 0.1) is 0 Å². The zero-order chi connectivity index (χ0) is 12.2. The van der Waals surface area contributed by atoms with E-state index < -0.39 is 0 Å². The van der Waals surface area contributed by atoms with Crippen molar-refractivity contribution in [3.8, 4) is 0 Å². The molecule has 3 heteroatoms. The van der Waals surface area contributed by atoms with Crippen LogP contribution in [-0.2, 0) is 6.54 Å². The highest BCUT2D eigenvalue weighted by Crippen LogP contribution is 2.26. The van der Waals surface area contributed by atoms with E-state index in [1.807, 2.05) is 6.20 Å². The Morgan fingerprint density at radius 3 is 2.56 bits per heavy atom. The molecule has 2 heterocycles. The summed E-state index contributed by atoms with van der Waals surface area (Å²) in [6.07, 6.45) is 4.32. The first kappa shape index (κ1) is 11.5. The Hall–Kier alpha value is -1.61. The van der Waals surface area contributed by atoms with Gasteiger partial charge >= 0.3 is 0 Å². The van der Waals surface area contributed by atoms with Crippen molar-refractivity contribution in [1.82, 2.24) is 15.1 Å². The summed E-state index contributed by atoms with van der Waals surface area (Å²) in [5.41, 5.74) is 2.71. The number of hydrogen-bond donors (Lipinski definition) is 1. The third-order valence-corrected chi connectivity index (χ3v) is 3.80. The van der Waals surface area contributed by atoms with Gasteiger partial charge in [-0.25, -0.2) is 0 Å². The van der Waals surface area contributed by atoms with E-state index in [1.165, 1.54) is 37.2 Å². The van der Waals surface area contributed by atoms with Gasteiger partial charge in [-0.05, 0) is 37.6 Å². The summed E-state index contributed by atoms with van der Waals surface area (Å²) in [7, 11) is 0. The maximum Gasteiger partial charge on any atom is 0.0490 e. The molecule has 94 valence electrons. The second-order valence-corrected chi connectivity index (χ2v) is 5.05. The Morgan fingerprint density at radius 1 is 1.11 bits per heavy atom. The van der Waals surface area contributed by atoms with Crippen LogP contribution < -0.4 is 0 Å². The van der Waals surface area contributed by atoms with Crippen molar-refractivity contribution in [1.29, 1.82) is 0 Å². The van der Waals surface area contributed by atoms with E-state index in [2.05, 4.69) is 51.5 Å². The fraction of sp³-hybridized carbons (Fsp3) is 0.400. The van der Waals surface area contributed by atoms with E-state index in [9.17, 15) is 0 Å². The van der Waals surface area contributed by atoms with E-state index in [4.69, 9.17) is 0 Å². The molecule has 1 aromatic carbocycles. The van der Waals surface area contributed by atoms with Crippen LogP contribution in [0.4, 0.5) is 0 Å². The summed E-state index contributed by atoms with van der Waals surface area (Å²) in [6, 6.07) is 12.8. The molecule has 1 aliphatic rings. The molecule has 0 unspecified atom stereocenters. The number of nitrogens with one attached hydrogen (secondary N) is 1. The predicted molar refractivity (Wildman–Crippen MR) is 72.3 cm³/mol. The van der Waals surface area contributed by atoms with E-state index >= 15 is 0 Å². The van der Waals surface area contributed by atoms with Crippen molar-refractivity contribution in [2.45, 2.75) is 25.3 Å². The lowest BCUT2D eigenvalue weighted by Gasteiger charge is -2.31. The molecule has 0 spiro atoms. The molecule has 1 fully saturated rings. The first-order valence-corrected chi connectivity index (χ1v) is 6.67. The first-order valence-electron chi connectivity index (χ1n) is 6.67. The maximum atomic E-state index is 4.05. The maximum absolute atomic E-state index is 4.05. The van der Waals surface area contributed by atoms with Gasteiger partial charge in [0.05, 0.1) is 0 Å². The Kier molecular flexibility index (Phi) is 3.42. The lowest BCUT2D eigenvalue weighted by atomic mass is 9.93. The number of nitrogens with zero attached hydrogens (tertiary/aromatic N) is 2. The number of hydrogen-bond acceptors (Lipinski definition) is 2. The standard InChI is InChI=1S/C15H19N3/c1-2-4-13(5-3-1)12-18-10-7-14(8-11-18)15-6-9-16-17-15/h1-6,9,14H,7-8,10-12H2,(H,16,17). The molecular weight excluding hydrogens is 222 g/mol. The van der Waals surface area contributed by atoms with Gasteiger partial charge in [0, 0.05) is 24.4 Å². The van der Waals surface area contributed by atoms with E-state index in [-0.39, 0.29) is 0 Å². The molecule has 1 aromatic heterocycles. The van der Waals surface area contributed by atoms with Crippen molar-refractivity contribution in [2.24, 2.45) is 0 Å². The normalized spacial score (nSPS) is 18.0. The van der Waals surface area contributed by atoms with Crippen molar-refractivity contribution >= 4 is 0 Å². The smallest absolute Gasteiger partial charge is 0.0490 e. The van der Waals surface area contributed by atoms with E-state index in [0.29, 0.717) is 5.92 Å². The Balaban J connectivity index is 1.54. The van der Waals surface area contributed by atoms with E-state index in [1.54, 1.807) is 0 Å². The molecule has 18 heavy (non-hydrogen) atoms.